The molecule has 7 aromatic carbocycles. The highest BCUT2D eigenvalue weighted by molar-refractivity contribution is 5.99. The van der Waals surface area contributed by atoms with Gasteiger partial charge >= 0.3 is 0 Å². The summed E-state index contributed by atoms with van der Waals surface area (Å²) >= 11 is 0. The molecule has 1 heterocycles. The Morgan fingerprint density at radius 2 is 0.852 bits per heavy atom. The van der Waals surface area contributed by atoms with E-state index in [1.165, 1.54) is 76.6 Å². The van der Waals surface area contributed by atoms with Crippen LogP contribution < -0.4 is 0 Å². The van der Waals surface area contributed by atoms with Crippen LogP contribution in [0.1, 0.15) is 68.2 Å². The molecule has 4 bridgehead atoms. The molecule has 1 aromatic heterocycles. The molecule has 14 rings (SSSR count). The molecule has 0 unspecified atom stereocenters. The van der Waals surface area contributed by atoms with E-state index < -0.39 is 0 Å². The number of fused-ring (bicyclic) bond motifs is 7. The highest BCUT2D eigenvalue weighted by atomic mass is 15.0. The van der Waals surface area contributed by atoms with E-state index in [4.69, 9.17) is 15.0 Å². The smallest absolute Gasteiger partial charge is 0.164 e. The molecule has 294 valence electrons. The normalized spacial score (nSPS) is 23.1. The van der Waals surface area contributed by atoms with Crippen LogP contribution in [-0.4, -0.2) is 15.0 Å². The van der Waals surface area contributed by atoms with Crippen molar-refractivity contribution in [1.82, 2.24) is 15.0 Å². The summed E-state index contributed by atoms with van der Waals surface area (Å²) in [6.07, 6.45) is 6.86. The van der Waals surface area contributed by atoms with Gasteiger partial charge in [-0.15, -0.1) is 0 Å². The van der Waals surface area contributed by atoms with E-state index in [0.717, 1.165) is 45.5 Å². The molecule has 0 amide bonds. The predicted octanol–water partition coefficient (Wildman–Crippen LogP) is 14.2. The van der Waals surface area contributed by atoms with Gasteiger partial charge in [0.2, 0.25) is 0 Å². The third kappa shape index (κ3) is 5.07. The van der Waals surface area contributed by atoms with Gasteiger partial charge in [0.1, 0.15) is 0 Å². The molecule has 8 aromatic rings. The van der Waals surface area contributed by atoms with Gasteiger partial charge in [-0.1, -0.05) is 166 Å². The van der Waals surface area contributed by atoms with Crippen LogP contribution in [-0.2, 0) is 10.8 Å². The largest absolute Gasteiger partial charge is 0.208 e. The van der Waals surface area contributed by atoms with Crippen LogP contribution in [0.15, 0.2) is 164 Å². The number of rotatable bonds is 5. The predicted molar refractivity (Wildman–Crippen MR) is 248 cm³/mol. The second-order valence-electron chi connectivity index (χ2n) is 19.2. The van der Waals surface area contributed by atoms with Crippen LogP contribution in [0, 0.1) is 23.7 Å². The number of aromatic nitrogens is 3. The summed E-state index contributed by atoms with van der Waals surface area (Å²) in [5.41, 5.74) is 19.2. The van der Waals surface area contributed by atoms with Crippen molar-refractivity contribution < 1.29 is 0 Å². The van der Waals surface area contributed by atoms with Crippen molar-refractivity contribution in [3.8, 4) is 78.7 Å². The molecule has 3 heteroatoms. The van der Waals surface area contributed by atoms with E-state index in [0.29, 0.717) is 23.5 Å². The molecule has 0 saturated heterocycles. The molecule has 0 aliphatic heterocycles. The van der Waals surface area contributed by atoms with Crippen molar-refractivity contribution in [3.05, 3.63) is 186 Å². The molecule has 0 N–H and O–H groups in total. The molecular formula is C58H47N3. The van der Waals surface area contributed by atoms with Gasteiger partial charge in [-0.05, 0) is 135 Å². The monoisotopic (exact) mass is 785 g/mol. The van der Waals surface area contributed by atoms with Gasteiger partial charge in [0, 0.05) is 27.5 Å². The lowest BCUT2D eigenvalue weighted by Gasteiger charge is -2.61. The Kier molecular flexibility index (Phi) is 7.54. The maximum Gasteiger partial charge on any atom is 0.164 e. The van der Waals surface area contributed by atoms with Gasteiger partial charge in [0.15, 0.2) is 17.5 Å². The molecule has 61 heavy (non-hydrogen) atoms. The molecule has 4 saturated carbocycles. The standard InChI is InChI=1S/C58H47N3/c1-57(2)49-25-13-23-47(51(49)52-50(57)27-26-46-45-22-9-10-24-48(45)58(53(46)52)43-29-35-28-36(31-43)32-44(58)30-35)56-60-54(41-20-11-18-39(33-41)37-14-5-3-6-15-37)59-55(61-56)42-21-12-19-40(34-42)38-16-7-4-8-17-38/h3-27,33-36,43-44H,28-32H2,1-2H3. The Morgan fingerprint density at radius 3 is 1.48 bits per heavy atom. The van der Waals surface area contributed by atoms with Gasteiger partial charge in [-0.25, -0.2) is 15.0 Å². The SMILES string of the molecule is CC1(C)c2cccc(-c3nc(-c4cccc(-c5ccccc5)c4)nc(-c4cccc(-c5ccccc5)c4)n3)c2-c2c1ccc1c2C2(c3ccccc3-1)C1CC3CC(C1)CC2C3. The fraction of sp³-hybridized carbons (Fsp3) is 0.224. The van der Waals surface area contributed by atoms with Gasteiger partial charge in [-0.3, -0.25) is 0 Å². The van der Waals surface area contributed by atoms with Crippen LogP contribution in [0.4, 0.5) is 0 Å². The number of hydrogen-bond donors (Lipinski definition) is 0. The summed E-state index contributed by atoms with van der Waals surface area (Å²) in [6.45, 7) is 4.88. The zero-order valence-corrected chi connectivity index (χ0v) is 34.8. The summed E-state index contributed by atoms with van der Waals surface area (Å²) in [6, 6.07) is 59.9. The van der Waals surface area contributed by atoms with E-state index in [2.05, 4.69) is 178 Å². The van der Waals surface area contributed by atoms with Crippen molar-refractivity contribution in [2.75, 3.05) is 0 Å². The Balaban J connectivity index is 1.06. The first-order chi connectivity index (χ1) is 29.9. The molecule has 0 atom stereocenters. The Morgan fingerprint density at radius 1 is 0.377 bits per heavy atom. The zero-order chi connectivity index (χ0) is 40.5. The molecular weight excluding hydrogens is 739 g/mol. The molecule has 6 aliphatic carbocycles. The van der Waals surface area contributed by atoms with E-state index in [-0.39, 0.29) is 10.8 Å². The fourth-order valence-corrected chi connectivity index (χ4v) is 13.4. The number of nitrogens with zero attached hydrogens (tertiary/aromatic N) is 3. The number of hydrogen-bond acceptors (Lipinski definition) is 3. The second kappa shape index (κ2) is 13.0. The van der Waals surface area contributed by atoms with Gasteiger partial charge in [0.05, 0.1) is 0 Å². The lowest BCUT2D eigenvalue weighted by molar-refractivity contribution is -0.0397. The quantitative estimate of drug-likeness (QED) is 0.174. The fourth-order valence-electron chi connectivity index (χ4n) is 13.4. The van der Waals surface area contributed by atoms with Crippen molar-refractivity contribution >= 4 is 0 Å². The van der Waals surface area contributed by atoms with E-state index in [1.54, 1.807) is 11.1 Å². The minimum atomic E-state index is -0.190. The van der Waals surface area contributed by atoms with Crippen LogP contribution in [0.2, 0.25) is 0 Å². The Hall–Kier alpha value is -6.45. The summed E-state index contributed by atoms with van der Waals surface area (Å²) in [5.74, 6) is 5.18. The Bertz CT molecular complexity index is 2940. The maximum absolute atomic E-state index is 5.50. The van der Waals surface area contributed by atoms with Crippen LogP contribution >= 0.6 is 0 Å². The van der Waals surface area contributed by atoms with Crippen molar-refractivity contribution in [2.24, 2.45) is 23.7 Å². The highest BCUT2D eigenvalue weighted by Crippen LogP contribution is 2.72. The van der Waals surface area contributed by atoms with E-state index in [1.807, 2.05) is 0 Å². The second-order valence-corrected chi connectivity index (χ2v) is 19.2. The average Bonchev–Trinajstić information content (AvgIpc) is 3.74. The molecule has 0 radical (unpaired) electrons. The average molecular weight is 786 g/mol. The minimum absolute atomic E-state index is 0.0284. The van der Waals surface area contributed by atoms with E-state index in [9.17, 15) is 0 Å². The maximum atomic E-state index is 5.50. The van der Waals surface area contributed by atoms with Crippen LogP contribution in [0.25, 0.3) is 78.7 Å². The van der Waals surface area contributed by atoms with Gasteiger partial charge in [0.25, 0.3) is 0 Å². The molecule has 1 spiro atoms. The van der Waals surface area contributed by atoms with Gasteiger partial charge in [-0.2, -0.15) is 0 Å². The van der Waals surface area contributed by atoms with Crippen molar-refractivity contribution in [1.29, 1.82) is 0 Å². The summed E-state index contributed by atoms with van der Waals surface area (Å²) in [7, 11) is 0. The third-order valence-corrected chi connectivity index (χ3v) is 15.7. The lowest BCUT2D eigenvalue weighted by Crippen LogP contribution is -2.55. The topological polar surface area (TPSA) is 38.7 Å². The summed E-state index contributed by atoms with van der Waals surface area (Å²) < 4.78 is 0. The first-order valence-electron chi connectivity index (χ1n) is 22.4. The van der Waals surface area contributed by atoms with Gasteiger partial charge < -0.3 is 0 Å². The molecule has 6 aliphatic rings. The summed E-state index contributed by atoms with van der Waals surface area (Å²) in [4.78, 5) is 16.3. The first kappa shape index (κ1) is 35.3. The Labute approximate surface area is 358 Å². The third-order valence-electron chi connectivity index (χ3n) is 15.7. The lowest BCUT2D eigenvalue weighted by atomic mass is 9.42. The minimum Gasteiger partial charge on any atom is -0.208 e. The highest BCUT2D eigenvalue weighted by Gasteiger charge is 2.63. The molecule has 4 fully saturated rings. The zero-order valence-electron chi connectivity index (χ0n) is 34.8. The van der Waals surface area contributed by atoms with Crippen LogP contribution in [0.5, 0.6) is 0 Å². The van der Waals surface area contributed by atoms with Crippen molar-refractivity contribution in [2.45, 2.75) is 56.8 Å². The molecule has 3 nitrogen and oxygen atoms in total. The van der Waals surface area contributed by atoms with Crippen molar-refractivity contribution in [3.63, 3.8) is 0 Å². The van der Waals surface area contributed by atoms with Crippen LogP contribution in [0.3, 0.4) is 0 Å². The number of benzene rings is 7. The summed E-state index contributed by atoms with van der Waals surface area (Å²) in [5, 5.41) is 0. The first-order valence-corrected chi connectivity index (χ1v) is 22.4. The van der Waals surface area contributed by atoms with E-state index >= 15 is 0 Å².